The minimum absolute atomic E-state index is 0.186. The number of rotatable bonds is 0. The monoisotopic (exact) mass is 216 g/mol. The maximum Gasteiger partial charge on any atom is 0.509 e. The van der Waals surface area contributed by atoms with Gasteiger partial charge in [-0.25, -0.2) is 4.79 Å². The van der Waals surface area contributed by atoms with E-state index in [0.717, 1.165) is 0 Å². The zero-order valence-electron chi connectivity index (χ0n) is 9.15. The molecule has 2 aliphatic rings. The maximum absolute atomic E-state index is 11.0. The number of aliphatic hydroxyl groups is 1. The summed E-state index contributed by atoms with van der Waals surface area (Å²) in [5, 5.41) is 9.87. The van der Waals surface area contributed by atoms with E-state index in [9.17, 15) is 9.90 Å². The van der Waals surface area contributed by atoms with E-state index in [1.54, 1.807) is 6.92 Å². The van der Waals surface area contributed by atoms with Gasteiger partial charge in [0.15, 0.2) is 0 Å². The van der Waals surface area contributed by atoms with E-state index >= 15 is 0 Å². The van der Waals surface area contributed by atoms with Gasteiger partial charge in [0.05, 0.1) is 11.7 Å². The fourth-order valence-corrected chi connectivity index (χ4v) is 2.01. The fourth-order valence-electron chi connectivity index (χ4n) is 2.01. The number of cyclic esters (lactones) is 1. The second-order valence-electron chi connectivity index (χ2n) is 4.91. The van der Waals surface area contributed by atoms with E-state index in [0.29, 0.717) is 6.42 Å². The van der Waals surface area contributed by atoms with Gasteiger partial charge in [-0.3, -0.25) is 0 Å². The topological polar surface area (TPSA) is 65.0 Å². The molecule has 0 aromatic heterocycles. The first-order chi connectivity index (χ1) is 6.83. The molecule has 0 aromatic rings. The Morgan fingerprint density at radius 1 is 1.40 bits per heavy atom. The Morgan fingerprint density at radius 3 is 2.73 bits per heavy atom. The van der Waals surface area contributed by atoms with Gasteiger partial charge in [0.25, 0.3) is 0 Å². The number of fused-ring (bicyclic) bond motifs is 1. The van der Waals surface area contributed by atoms with Gasteiger partial charge in [-0.2, -0.15) is 0 Å². The molecule has 0 aliphatic carbocycles. The van der Waals surface area contributed by atoms with Crippen molar-refractivity contribution < 1.29 is 24.1 Å². The molecule has 2 saturated heterocycles. The summed E-state index contributed by atoms with van der Waals surface area (Å²) >= 11 is 0. The SMILES string of the molecule is CC1(C)O[C@@H]2COC(=O)O[C@@]2(C)C[C@H]1O. The molecule has 2 rings (SSSR count). The van der Waals surface area contributed by atoms with Crippen LogP contribution in [0.5, 0.6) is 0 Å². The summed E-state index contributed by atoms with van der Waals surface area (Å²) in [6, 6.07) is 0. The van der Waals surface area contributed by atoms with Crippen LogP contribution in [0.1, 0.15) is 27.2 Å². The summed E-state index contributed by atoms with van der Waals surface area (Å²) < 4.78 is 15.6. The zero-order chi connectivity index (χ0) is 11.3. The molecule has 2 aliphatic heterocycles. The van der Waals surface area contributed by atoms with E-state index in [4.69, 9.17) is 14.2 Å². The molecule has 5 nitrogen and oxygen atoms in total. The maximum atomic E-state index is 11.0. The highest BCUT2D eigenvalue weighted by Crippen LogP contribution is 2.39. The summed E-state index contributed by atoms with van der Waals surface area (Å²) in [4.78, 5) is 11.0. The Hall–Kier alpha value is -0.810. The third kappa shape index (κ3) is 1.70. The van der Waals surface area contributed by atoms with E-state index in [2.05, 4.69) is 0 Å². The summed E-state index contributed by atoms with van der Waals surface area (Å²) in [7, 11) is 0. The zero-order valence-corrected chi connectivity index (χ0v) is 9.15. The average molecular weight is 216 g/mol. The summed E-state index contributed by atoms with van der Waals surface area (Å²) in [5.74, 6) is 0. The number of carbonyl (C=O) groups is 1. The molecule has 0 radical (unpaired) electrons. The molecule has 0 unspecified atom stereocenters. The quantitative estimate of drug-likeness (QED) is 0.608. The Labute approximate surface area is 88.3 Å². The van der Waals surface area contributed by atoms with Crippen LogP contribution >= 0.6 is 0 Å². The highest BCUT2D eigenvalue weighted by Gasteiger charge is 2.54. The lowest BCUT2D eigenvalue weighted by Gasteiger charge is -2.50. The average Bonchev–Trinajstić information content (AvgIpc) is 2.08. The van der Waals surface area contributed by atoms with Crippen LogP contribution in [0.2, 0.25) is 0 Å². The molecule has 3 atom stereocenters. The molecule has 5 heteroatoms. The standard InChI is InChI=1S/C10H16O5/c1-9(2)6(11)4-10(3)7(14-9)5-13-8(12)15-10/h6-7,11H,4-5H2,1-3H3/t6-,7-,10+/m1/s1. The van der Waals surface area contributed by atoms with Crippen LogP contribution in [0.3, 0.4) is 0 Å². The fraction of sp³-hybridized carbons (Fsp3) is 0.900. The van der Waals surface area contributed by atoms with Crippen molar-refractivity contribution in [2.45, 2.75) is 50.6 Å². The molecule has 2 heterocycles. The summed E-state index contributed by atoms with van der Waals surface area (Å²) in [6.07, 6.45) is -1.28. The summed E-state index contributed by atoms with van der Waals surface area (Å²) in [6.45, 7) is 5.57. The predicted molar refractivity (Wildman–Crippen MR) is 50.4 cm³/mol. The number of carbonyl (C=O) groups excluding carboxylic acids is 1. The molecular weight excluding hydrogens is 200 g/mol. The molecule has 0 bridgehead atoms. The third-order valence-corrected chi connectivity index (χ3v) is 3.20. The van der Waals surface area contributed by atoms with Crippen molar-refractivity contribution in [2.24, 2.45) is 0 Å². The minimum atomic E-state index is -0.774. The smallest absolute Gasteiger partial charge is 0.431 e. The predicted octanol–water partition coefficient (Wildman–Crippen LogP) is 0.840. The minimum Gasteiger partial charge on any atom is -0.431 e. The molecule has 0 spiro atoms. The van der Waals surface area contributed by atoms with Gasteiger partial charge in [0.1, 0.15) is 18.3 Å². The lowest BCUT2D eigenvalue weighted by atomic mass is 9.81. The number of hydrogen-bond donors (Lipinski definition) is 1. The molecule has 0 aromatic carbocycles. The van der Waals surface area contributed by atoms with Gasteiger partial charge in [-0.05, 0) is 20.8 Å². The van der Waals surface area contributed by atoms with E-state index < -0.39 is 23.5 Å². The summed E-state index contributed by atoms with van der Waals surface area (Å²) in [5.41, 5.74) is -1.40. The Balaban J connectivity index is 2.20. The van der Waals surface area contributed by atoms with Crippen molar-refractivity contribution >= 4 is 6.16 Å². The molecule has 0 amide bonds. The van der Waals surface area contributed by atoms with Crippen molar-refractivity contribution in [2.75, 3.05) is 6.61 Å². The Kier molecular flexibility index (Phi) is 2.20. The van der Waals surface area contributed by atoms with Crippen LogP contribution < -0.4 is 0 Å². The van der Waals surface area contributed by atoms with Gasteiger partial charge < -0.3 is 19.3 Å². The van der Waals surface area contributed by atoms with Gasteiger partial charge in [-0.15, -0.1) is 0 Å². The van der Waals surface area contributed by atoms with Crippen molar-refractivity contribution in [1.82, 2.24) is 0 Å². The second-order valence-corrected chi connectivity index (χ2v) is 4.91. The molecule has 1 N–H and O–H groups in total. The molecule has 2 fully saturated rings. The molecule has 15 heavy (non-hydrogen) atoms. The van der Waals surface area contributed by atoms with Gasteiger partial charge in [0.2, 0.25) is 0 Å². The van der Waals surface area contributed by atoms with Crippen LogP contribution in [0.4, 0.5) is 4.79 Å². The van der Waals surface area contributed by atoms with Crippen molar-refractivity contribution in [3.05, 3.63) is 0 Å². The van der Waals surface area contributed by atoms with E-state index in [-0.39, 0.29) is 12.7 Å². The van der Waals surface area contributed by atoms with Crippen LogP contribution in [-0.4, -0.2) is 41.3 Å². The van der Waals surface area contributed by atoms with Crippen LogP contribution in [0.15, 0.2) is 0 Å². The first kappa shape index (κ1) is 10.7. The molecular formula is C10H16O5. The Morgan fingerprint density at radius 2 is 2.07 bits per heavy atom. The van der Waals surface area contributed by atoms with Gasteiger partial charge in [0, 0.05) is 6.42 Å². The van der Waals surface area contributed by atoms with Gasteiger partial charge >= 0.3 is 6.16 Å². The van der Waals surface area contributed by atoms with E-state index in [1.165, 1.54) is 0 Å². The second kappa shape index (κ2) is 3.09. The van der Waals surface area contributed by atoms with Crippen LogP contribution in [0.25, 0.3) is 0 Å². The largest absolute Gasteiger partial charge is 0.509 e. The third-order valence-electron chi connectivity index (χ3n) is 3.20. The van der Waals surface area contributed by atoms with Crippen molar-refractivity contribution in [3.63, 3.8) is 0 Å². The molecule has 0 saturated carbocycles. The first-order valence-corrected chi connectivity index (χ1v) is 5.05. The van der Waals surface area contributed by atoms with Crippen LogP contribution in [0, 0.1) is 0 Å². The lowest BCUT2D eigenvalue weighted by molar-refractivity contribution is -0.273. The van der Waals surface area contributed by atoms with Gasteiger partial charge in [-0.1, -0.05) is 0 Å². The Bertz CT molecular complexity index is 288. The van der Waals surface area contributed by atoms with Crippen molar-refractivity contribution in [1.29, 1.82) is 0 Å². The number of ether oxygens (including phenoxy) is 3. The van der Waals surface area contributed by atoms with Crippen molar-refractivity contribution in [3.8, 4) is 0 Å². The number of aliphatic hydroxyl groups excluding tert-OH is 1. The van der Waals surface area contributed by atoms with Crippen LogP contribution in [-0.2, 0) is 14.2 Å². The van der Waals surface area contributed by atoms with E-state index in [1.807, 2.05) is 13.8 Å². The first-order valence-electron chi connectivity index (χ1n) is 5.05. The number of hydrogen-bond acceptors (Lipinski definition) is 5. The lowest BCUT2D eigenvalue weighted by Crippen LogP contribution is -2.63. The highest BCUT2D eigenvalue weighted by atomic mass is 16.8. The normalized spacial score (nSPS) is 43.9. The molecule has 86 valence electrons. The highest BCUT2D eigenvalue weighted by molar-refractivity contribution is 5.61.